The van der Waals surface area contributed by atoms with Gasteiger partial charge < -0.3 is 10.1 Å². The smallest absolute Gasteiger partial charge is 0.227 e. The number of benzene rings is 1. The summed E-state index contributed by atoms with van der Waals surface area (Å²) >= 11 is 0. The molecule has 7 nitrogen and oxygen atoms in total. The zero-order chi connectivity index (χ0) is 17.9. The van der Waals surface area contributed by atoms with E-state index in [9.17, 15) is 8.42 Å². The molecule has 0 radical (unpaired) electrons. The van der Waals surface area contributed by atoms with Crippen LogP contribution in [0, 0.1) is 0 Å². The molecule has 0 amide bonds. The molecule has 3 rings (SSSR count). The first-order valence-corrected chi connectivity index (χ1v) is 9.26. The third-order valence-corrected chi connectivity index (χ3v) is 4.52. The van der Waals surface area contributed by atoms with E-state index in [4.69, 9.17) is 4.74 Å². The van der Waals surface area contributed by atoms with Crippen molar-refractivity contribution in [1.82, 2.24) is 15.0 Å². The third kappa shape index (κ3) is 3.92. The summed E-state index contributed by atoms with van der Waals surface area (Å²) in [5.41, 5.74) is 1.96. The lowest BCUT2D eigenvalue weighted by Gasteiger charge is -2.09. The van der Waals surface area contributed by atoms with Gasteiger partial charge in [0, 0.05) is 24.3 Å². The molecule has 1 N–H and O–H groups in total. The first-order chi connectivity index (χ1) is 12.0. The number of hydrogen-bond donors (Lipinski definition) is 1. The van der Waals surface area contributed by atoms with E-state index < -0.39 is 9.84 Å². The van der Waals surface area contributed by atoms with Gasteiger partial charge in [-0.25, -0.2) is 23.4 Å². The van der Waals surface area contributed by atoms with Gasteiger partial charge in [0.1, 0.15) is 0 Å². The zero-order valence-electron chi connectivity index (χ0n) is 13.7. The van der Waals surface area contributed by atoms with Crippen molar-refractivity contribution in [2.45, 2.75) is 4.90 Å². The lowest BCUT2D eigenvalue weighted by molar-refractivity contribution is 0.399. The van der Waals surface area contributed by atoms with Crippen molar-refractivity contribution in [2.24, 2.45) is 0 Å². The SMILES string of the molecule is COc1ncccc1-c1ccnc(Nc2cccc(S(C)(=O)=O)c2)n1. The molecule has 0 unspecified atom stereocenters. The second-order valence-corrected chi connectivity index (χ2v) is 7.27. The van der Waals surface area contributed by atoms with Crippen molar-refractivity contribution in [3.8, 4) is 17.1 Å². The highest BCUT2D eigenvalue weighted by Crippen LogP contribution is 2.26. The average Bonchev–Trinajstić information content (AvgIpc) is 2.61. The Labute approximate surface area is 145 Å². The number of rotatable bonds is 5. The molecule has 0 aliphatic heterocycles. The molecule has 0 atom stereocenters. The Hall–Kier alpha value is -3.00. The molecule has 0 bridgehead atoms. The summed E-state index contributed by atoms with van der Waals surface area (Å²) in [5, 5.41) is 3.02. The van der Waals surface area contributed by atoms with Crippen molar-refractivity contribution in [2.75, 3.05) is 18.7 Å². The number of ether oxygens (including phenoxy) is 1. The van der Waals surface area contributed by atoms with Crippen molar-refractivity contribution in [1.29, 1.82) is 0 Å². The fourth-order valence-corrected chi connectivity index (χ4v) is 2.92. The Balaban J connectivity index is 1.93. The topological polar surface area (TPSA) is 94.1 Å². The monoisotopic (exact) mass is 356 g/mol. The highest BCUT2D eigenvalue weighted by molar-refractivity contribution is 7.90. The van der Waals surface area contributed by atoms with Crippen LogP contribution in [-0.2, 0) is 9.84 Å². The molecule has 1 aromatic carbocycles. The fourth-order valence-electron chi connectivity index (χ4n) is 2.25. The van der Waals surface area contributed by atoms with Gasteiger partial charge in [0.25, 0.3) is 0 Å². The molecule has 25 heavy (non-hydrogen) atoms. The first-order valence-electron chi connectivity index (χ1n) is 7.37. The number of methoxy groups -OCH3 is 1. The summed E-state index contributed by atoms with van der Waals surface area (Å²) in [6.45, 7) is 0. The van der Waals surface area contributed by atoms with Gasteiger partial charge in [0.2, 0.25) is 11.8 Å². The molecule has 0 aliphatic rings. The number of sulfone groups is 1. The van der Waals surface area contributed by atoms with Crippen LogP contribution in [0.2, 0.25) is 0 Å². The van der Waals surface area contributed by atoms with E-state index in [1.54, 1.807) is 43.8 Å². The van der Waals surface area contributed by atoms with Crippen LogP contribution >= 0.6 is 0 Å². The van der Waals surface area contributed by atoms with Crippen molar-refractivity contribution < 1.29 is 13.2 Å². The number of aromatic nitrogens is 3. The molecule has 2 aromatic heterocycles. The second-order valence-electron chi connectivity index (χ2n) is 5.25. The van der Waals surface area contributed by atoms with Gasteiger partial charge in [-0.15, -0.1) is 0 Å². The van der Waals surface area contributed by atoms with E-state index >= 15 is 0 Å². The highest BCUT2D eigenvalue weighted by Gasteiger charge is 2.10. The average molecular weight is 356 g/mol. The van der Waals surface area contributed by atoms with Gasteiger partial charge in [-0.2, -0.15) is 0 Å². The standard InChI is InChI=1S/C17H16N4O3S/c1-24-16-14(7-4-9-18-16)15-8-10-19-17(21-15)20-12-5-3-6-13(11-12)25(2,22)23/h3-11H,1-2H3,(H,19,20,21). The molecule has 0 fully saturated rings. The minimum absolute atomic E-state index is 0.225. The number of hydrogen-bond acceptors (Lipinski definition) is 7. The van der Waals surface area contributed by atoms with E-state index in [1.807, 2.05) is 6.07 Å². The zero-order valence-corrected chi connectivity index (χ0v) is 14.5. The lowest BCUT2D eigenvalue weighted by atomic mass is 10.2. The summed E-state index contributed by atoms with van der Waals surface area (Å²) in [7, 11) is -1.74. The number of pyridine rings is 1. The Morgan fingerprint density at radius 1 is 1.04 bits per heavy atom. The van der Waals surface area contributed by atoms with E-state index in [0.29, 0.717) is 23.2 Å². The molecule has 0 saturated carbocycles. The van der Waals surface area contributed by atoms with Gasteiger partial charge in [0.05, 0.1) is 23.3 Å². The van der Waals surface area contributed by atoms with Crippen LogP contribution in [0.3, 0.4) is 0 Å². The van der Waals surface area contributed by atoms with Crippen molar-refractivity contribution in [3.63, 3.8) is 0 Å². The first kappa shape index (κ1) is 16.8. The van der Waals surface area contributed by atoms with Gasteiger partial charge in [-0.1, -0.05) is 6.07 Å². The molecule has 0 saturated heterocycles. The van der Waals surface area contributed by atoms with Crippen LogP contribution < -0.4 is 10.1 Å². The van der Waals surface area contributed by atoms with Crippen LogP contribution in [0.15, 0.2) is 59.8 Å². The van der Waals surface area contributed by atoms with Gasteiger partial charge in [-0.3, -0.25) is 0 Å². The summed E-state index contributed by atoms with van der Waals surface area (Å²) in [6, 6.07) is 11.9. The van der Waals surface area contributed by atoms with E-state index in [-0.39, 0.29) is 4.90 Å². The Bertz CT molecular complexity index is 1010. The number of anilines is 2. The Morgan fingerprint density at radius 2 is 1.88 bits per heavy atom. The second kappa shape index (κ2) is 6.86. The van der Waals surface area contributed by atoms with Gasteiger partial charge in [0.15, 0.2) is 9.84 Å². The number of nitrogens with one attached hydrogen (secondary N) is 1. The predicted molar refractivity (Wildman–Crippen MR) is 94.6 cm³/mol. The lowest BCUT2D eigenvalue weighted by Crippen LogP contribution is -2.01. The maximum atomic E-state index is 11.7. The van der Waals surface area contributed by atoms with Crippen LogP contribution in [0.1, 0.15) is 0 Å². The molecule has 8 heteroatoms. The molecule has 0 spiro atoms. The number of nitrogens with zero attached hydrogens (tertiary/aromatic N) is 3. The Kier molecular flexibility index (Phi) is 4.62. The molecule has 2 heterocycles. The summed E-state index contributed by atoms with van der Waals surface area (Å²) in [5.74, 6) is 0.806. The quantitative estimate of drug-likeness (QED) is 0.751. The van der Waals surface area contributed by atoms with Crippen LogP contribution in [0.5, 0.6) is 5.88 Å². The van der Waals surface area contributed by atoms with Crippen LogP contribution in [0.25, 0.3) is 11.3 Å². The summed E-state index contributed by atoms with van der Waals surface area (Å²) < 4.78 is 28.6. The van der Waals surface area contributed by atoms with Crippen LogP contribution in [-0.4, -0.2) is 36.7 Å². The Morgan fingerprint density at radius 3 is 2.64 bits per heavy atom. The van der Waals surface area contributed by atoms with Gasteiger partial charge >= 0.3 is 0 Å². The third-order valence-electron chi connectivity index (χ3n) is 3.41. The molecule has 0 aliphatic carbocycles. The van der Waals surface area contributed by atoms with Crippen molar-refractivity contribution >= 4 is 21.5 Å². The summed E-state index contributed by atoms with van der Waals surface area (Å²) in [4.78, 5) is 13.0. The van der Waals surface area contributed by atoms with Crippen LogP contribution in [0.4, 0.5) is 11.6 Å². The van der Waals surface area contributed by atoms with E-state index in [1.165, 1.54) is 12.1 Å². The highest BCUT2D eigenvalue weighted by atomic mass is 32.2. The van der Waals surface area contributed by atoms with E-state index in [2.05, 4.69) is 20.3 Å². The summed E-state index contributed by atoms with van der Waals surface area (Å²) in [6.07, 6.45) is 4.41. The molecule has 3 aromatic rings. The molecule has 128 valence electrons. The predicted octanol–water partition coefficient (Wildman–Crippen LogP) is 2.69. The largest absolute Gasteiger partial charge is 0.481 e. The van der Waals surface area contributed by atoms with Gasteiger partial charge in [-0.05, 0) is 36.4 Å². The molecular weight excluding hydrogens is 340 g/mol. The normalized spacial score (nSPS) is 11.1. The maximum absolute atomic E-state index is 11.7. The van der Waals surface area contributed by atoms with E-state index in [0.717, 1.165) is 11.8 Å². The minimum Gasteiger partial charge on any atom is -0.481 e. The minimum atomic E-state index is -3.28. The fraction of sp³-hybridized carbons (Fsp3) is 0.118. The maximum Gasteiger partial charge on any atom is 0.227 e. The van der Waals surface area contributed by atoms with Crippen molar-refractivity contribution in [3.05, 3.63) is 54.9 Å². The molecular formula is C17H16N4O3S.